The molecule has 1 amide bonds. The van der Waals surface area contributed by atoms with Crippen molar-refractivity contribution in [3.63, 3.8) is 0 Å². The summed E-state index contributed by atoms with van der Waals surface area (Å²) in [4.78, 5) is 16.6. The molecule has 0 unspecified atom stereocenters. The standard InChI is InChI=1S/C19H15ClFN5OS2/c1-9-6-11(10(2)25(9)12-4-5-15(21)14(20)8-12)7-13-16(22)26-18(23-17(13)27)29-19(24-26)28-3/h4-8,22H,1-3H3/b13-7+,22-16?. The largest absolute Gasteiger partial charge is 0.318 e. The zero-order chi connectivity index (χ0) is 20.9. The molecule has 0 saturated heterocycles. The molecule has 0 atom stereocenters. The average molecular weight is 448 g/mol. The van der Waals surface area contributed by atoms with Crippen molar-refractivity contribution in [3.8, 4) is 5.69 Å². The summed E-state index contributed by atoms with van der Waals surface area (Å²) in [6.07, 6.45) is 3.52. The van der Waals surface area contributed by atoms with Crippen molar-refractivity contribution in [3.05, 3.63) is 57.6 Å². The molecule has 2 aliphatic heterocycles. The number of aliphatic imine (C=N–C) groups is 1. The third-order valence-corrected chi connectivity index (χ3v) is 6.72. The number of nitrogens with zero attached hydrogens (tertiary/aromatic N) is 4. The molecule has 6 nitrogen and oxygen atoms in total. The SMILES string of the molecule is CSC1=NN2C(=N)/C(=C\c3cc(C)n(-c4ccc(F)c(Cl)c4)c3C)C(=O)N=C2S1. The highest BCUT2D eigenvalue weighted by atomic mass is 35.5. The third kappa shape index (κ3) is 3.43. The second kappa shape index (κ2) is 7.47. The summed E-state index contributed by atoms with van der Waals surface area (Å²) >= 11 is 8.64. The van der Waals surface area contributed by atoms with Crippen LogP contribution in [0.15, 0.2) is 39.9 Å². The van der Waals surface area contributed by atoms with Crippen molar-refractivity contribution in [2.75, 3.05) is 6.26 Å². The van der Waals surface area contributed by atoms with Gasteiger partial charge in [-0.1, -0.05) is 11.6 Å². The molecule has 2 aliphatic rings. The summed E-state index contributed by atoms with van der Waals surface area (Å²) < 4.78 is 16.2. The van der Waals surface area contributed by atoms with Crippen LogP contribution in [0.1, 0.15) is 17.0 Å². The molecule has 0 fully saturated rings. The predicted octanol–water partition coefficient (Wildman–Crippen LogP) is 4.83. The Kier molecular flexibility index (Phi) is 5.14. The molecule has 0 aliphatic carbocycles. The van der Waals surface area contributed by atoms with Crippen molar-refractivity contribution in [2.45, 2.75) is 13.8 Å². The fourth-order valence-corrected chi connectivity index (χ4v) is 4.69. The molecule has 1 aromatic heterocycles. The van der Waals surface area contributed by atoms with Gasteiger partial charge in [-0.25, -0.2) is 4.39 Å². The number of nitrogens with one attached hydrogen (secondary N) is 1. The minimum Gasteiger partial charge on any atom is -0.318 e. The molecule has 1 aromatic carbocycles. The molecule has 3 heterocycles. The molecule has 148 valence electrons. The summed E-state index contributed by atoms with van der Waals surface area (Å²) in [7, 11) is 0. The first-order valence-corrected chi connectivity index (χ1v) is 10.9. The van der Waals surface area contributed by atoms with E-state index in [0.29, 0.717) is 10.9 Å². The van der Waals surface area contributed by atoms with E-state index < -0.39 is 11.7 Å². The van der Waals surface area contributed by atoms with Gasteiger partial charge in [-0.05, 0) is 67.8 Å². The van der Waals surface area contributed by atoms with E-state index in [1.54, 1.807) is 18.2 Å². The zero-order valence-electron chi connectivity index (χ0n) is 15.7. The second-order valence-corrected chi connectivity index (χ2v) is 8.77. The Morgan fingerprint density at radius 1 is 1.31 bits per heavy atom. The fraction of sp³-hybridized carbons (Fsp3) is 0.158. The highest BCUT2D eigenvalue weighted by molar-refractivity contribution is 8.45. The lowest BCUT2D eigenvalue weighted by atomic mass is 10.1. The number of hydrogen-bond donors (Lipinski definition) is 1. The number of carbonyl (C=O) groups excluding carboxylic acids is 1. The van der Waals surface area contributed by atoms with Crippen molar-refractivity contribution in [2.24, 2.45) is 10.1 Å². The Morgan fingerprint density at radius 3 is 2.76 bits per heavy atom. The lowest BCUT2D eigenvalue weighted by molar-refractivity contribution is -0.114. The van der Waals surface area contributed by atoms with Crippen LogP contribution in [0.2, 0.25) is 5.02 Å². The number of benzene rings is 1. The summed E-state index contributed by atoms with van der Waals surface area (Å²) in [5.41, 5.74) is 3.35. The van der Waals surface area contributed by atoms with Gasteiger partial charge < -0.3 is 4.57 Å². The molecule has 29 heavy (non-hydrogen) atoms. The van der Waals surface area contributed by atoms with Crippen LogP contribution in [0.25, 0.3) is 11.8 Å². The minimum atomic E-state index is -0.483. The number of rotatable bonds is 2. The number of amides is 1. The molecule has 2 aromatic rings. The van der Waals surface area contributed by atoms with Crippen LogP contribution >= 0.6 is 35.1 Å². The molecule has 10 heteroatoms. The van der Waals surface area contributed by atoms with Gasteiger partial charge in [0.05, 0.1) is 10.6 Å². The summed E-state index contributed by atoms with van der Waals surface area (Å²) in [6.45, 7) is 3.79. The van der Waals surface area contributed by atoms with Crippen LogP contribution < -0.4 is 0 Å². The molecule has 0 saturated carbocycles. The van der Waals surface area contributed by atoms with Crippen molar-refractivity contribution >= 4 is 62.5 Å². The van der Waals surface area contributed by atoms with E-state index in [-0.39, 0.29) is 16.4 Å². The quantitative estimate of drug-likeness (QED) is 0.669. The molecule has 0 bridgehead atoms. The smallest absolute Gasteiger partial charge is 0.283 e. The Morgan fingerprint density at radius 2 is 2.07 bits per heavy atom. The van der Waals surface area contributed by atoms with Crippen molar-refractivity contribution in [1.29, 1.82) is 5.41 Å². The molecular weight excluding hydrogens is 433 g/mol. The Hall–Kier alpha value is -2.36. The number of amidine groups is 2. The van der Waals surface area contributed by atoms with Gasteiger partial charge in [0, 0.05) is 17.1 Å². The normalized spacial score (nSPS) is 17.7. The van der Waals surface area contributed by atoms with Gasteiger partial charge in [0.1, 0.15) is 5.82 Å². The number of hydrazone groups is 1. The van der Waals surface area contributed by atoms with E-state index in [4.69, 9.17) is 17.0 Å². The number of halogens is 2. The van der Waals surface area contributed by atoms with E-state index in [1.165, 1.54) is 34.6 Å². The maximum absolute atomic E-state index is 13.5. The lowest BCUT2D eigenvalue weighted by Crippen LogP contribution is -2.35. The maximum atomic E-state index is 13.5. The van der Waals surface area contributed by atoms with Crippen LogP contribution in [0.5, 0.6) is 0 Å². The minimum absolute atomic E-state index is 0.00817. The zero-order valence-corrected chi connectivity index (χ0v) is 18.0. The fourth-order valence-electron chi connectivity index (χ4n) is 3.17. The summed E-state index contributed by atoms with van der Waals surface area (Å²) in [6, 6.07) is 6.41. The maximum Gasteiger partial charge on any atom is 0.283 e. The highest BCUT2D eigenvalue weighted by Gasteiger charge is 2.35. The Balaban J connectivity index is 1.76. The van der Waals surface area contributed by atoms with Crippen LogP contribution in [-0.4, -0.2) is 37.1 Å². The first kappa shape index (κ1) is 19.9. The van der Waals surface area contributed by atoms with E-state index in [0.717, 1.165) is 21.3 Å². The first-order valence-electron chi connectivity index (χ1n) is 8.48. The molecule has 0 spiro atoms. The monoisotopic (exact) mass is 447 g/mol. The van der Waals surface area contributed by atoms with Crippen LogP contribution in [0.3, 0.4) is 0 Å². The van der Waals surface area contributed by atoms with Crippen LogP contribution in [0, 0.1) is 25.1 Å². The number of fused-ring (bicyclic) bond motifs is 1. The van der Waals surface area contributed by atoms with Crippen LogP contribution in [-0.2, 0) is 4.79 Å². The molecular formula is C19H15ClFN5OS2. The van der Waals surface area contributed by atoms with Crippen molar-refractivity contribution in [1.82, 2.24) is 9.58 Å². The number of hydrogen-bond acceptors (Lipinski definition) is 5. The first-order chi connectivity index (χ1) is 13.8. The average Bonchev–Trinajstić information content (AvgIpc) is 3.21. The number of aryl methyl sites for hydroxylation is 1. The number of thioether (sulfide) groups is 2. The van der Waals surface area contributed by atoms with E-state index in [1.807, 2.05) is 30.7 Å². The summed E-state index contributed by atoms with van der Waals surface area (Å²) in [5, 5.41) is 14.6. The number of aromatic nitrogens is 1. The second-order valence-electron chi connectivity index (χ2n) is 6.35. The molecule has 4 rings (SSSR count). The summed E-state index contributed by atoms with van der Waals surface area (Å²) in [5.74, 6) is -0.962. The molecule has 0 radical (unpaired) electrons. The topological polar surface area (TPSA) is 73.8 Å². The number of carbonyl (C=O) groups is 1. The van der Waals surface area contributed by atoms with Gasteiger partial charge in [0.25, 0.3) is 5.91 Å². The van der Waals surface area contributed by atoms with E-state index >= 15 is 0 Å². The van der Waals surface area contributed by atoms with Crippen molar-refractivity contribution < 1.29 is 9.18 Å². The van der Waals surface area contributed by atoms with Gasteiger partial charge in [-0.15, -0.1) is 16.9 Å². The van der Waals surface area contributed by atoms with Gasteiger partial charge in [0.15, 0.2) is 10.2 Å². The predicted molar refractivity (Wildman–Crippen MR) is 119 cm³/mol. The lowest BCUT2D eigenvalue weighted by Gasteiger charge is -2.20. The Bertz CT molecular complexity index is 1170. The highest BCUT2D eigenvalue weighted by Crippen LogP contribution is 2.32. The van der Waals surface area contributed by atoms with Gasteiger partial charge in [-0.2, -0.15) is 10.0 Å². The molecule has 1 N–H and O–H groups in total. The van der Waals surface area contributed by atoms with Crippen LogP contribution in [0.4, 0.5) is 4.39 Å². The van der Waals surface area contributed by atoms with Gasteiger partial charge >= 0.3 is 0 Å². The van der Waals surface area contributed by atoms with E-state index in [2.05, 4.69) is 10.1 Å². The van der Waals surface area contributed by atoms with E-state index in [9.17, 15) is 9.18 Å². The Labute approximate surface area is 180 Å². The van der Waals surface area contributed by atoms with Gasteiger partial charge in [0.2, 0.25) is 5.17 Å². The third-order valence-electron chi connectivity index (χ3n) is 4.54. The van der Waals surface area contributed by atoms with Gasteiger partial charge in [-0.3, -0.25) is 10.2 Å².